The van der Waals surface area contributed by atoms with E-state index in [9.17, 15) is 9.59 Å². The summed E-state index contributed by atoms with van der Waals surface area (Å²) in [6.45, 7) is 0. The van der Waals surface area contributed by atoms with Crippen molar-refractivity contribution in [2.75, 3.05) is 0 Å². The number of ketones is 2. The molecule has 0 radical (unpaired) electrons. The smallest absolute Gasteiger partial charge is 0.822 e. The summed E-state index contributed by atoms with van der Waals surface area (Å²) in [5.74, 6) is -0.185. The molecule has 0 aromatic heterocycles. The van der Waals surface area contributed by atoms with E-state index in [1.807, 2.05) is 0 Å². The fourth-order valence-corrected chi connectivity index (χ4v) is 1.24. The van der Waals surface area contributed by atoms with E-state index < -0.39 is 7.82 Å². The molecular weight excluding hydrogens is 316 g/mol. The molecule has 1 aliphatic rings. The van der Waals surface area contributed by atoms with E-state index in [-0.39, 0.29) is 100 Å². The molecule has 0 spiro atoms. The zero-order valence-corrected chi connectivity index (χ0v) is 18.3. The Balaban J connectivity index is -0.000000322. The van der Waals surface area contributed by atoms with E-state index in [2.05, 4.69) is 0 Å². The summed E-state index contributed by atoms with van der Waals surface area (Å²) in [7, 11) is -5.39. The first kappa shape index (κ1) is 26.3. The minimum Gasteiger partial charge on any atom is -0.822 e. The predicted octanol–water partition coefficient (Wildman–Crippen LogP) is -10.2. The van der Waals surface area contributed by atoms with Crippen LogP contribution in [0.2, 0.25) is 0 Å². The molecule has 6 nitrogen and oxygen atoms in total. The maximum Gasteiger partial charge on any atom is 1.00 e. The van der Waals surface area contributed by atoms with Gasteiger partial charge in [0.1, 0.15) is 0 Å². The fourth-order valence-electron chi connectivity index (χ4n) is 1.24. The van der Waals surface area contributed by atoms with Crippen molar-refractivity contribution in [1.82, 2.24) is 0 Å². The van der Waals surface area contributed by atoms with Gasteiger partial charge < -0.3 is 19.2 Å². The summed E-state index contributed by atoms with van der Waals surface area (Å²) in [6, 6.07) is 6.84. The number of fused-ring (bicyclic) bond motifs is 1. The van der Waals surface area contributed by atoms with Crippen molar-refractivity contribution >= 4 is 19.4 Å². The van der Waals surface area contributed by atoms with E-state index in [0.29, 0.717) is 11.1 Å². The Kier molecular flexibility index (Phi) is 15.7. The molecule has 2 rings (SSSR count). The van der Waals surface area contributed by atoms with Crippen molar-refractivity contribution in [1.29, 1.82) is 0 Å². The third-order valence-electron chi connectivity index (χ3n) is 1.84. The van der Waals surface area contributed by atoms with Gasteiger partial charge in [-0.1, -0.05) is 24.3 Å². The van der Waals surface area contributed by atoms with Crippen LogP contribution in [0.15, 0.2) is 36.4 Å². The van der Waals surface area contributed by atoms with Gasteiger partial charge in [0.05, 0.1) is 0 Å². The summed E-state index contributed by atoms with van der Waals surface area (Å²) in [5, 5.41) is 0. The van der Waals surface area contributed by atoms with E-state index >= 15 is 0 Å². The van der Waals surface area contributed by atoms with Gasteiger partial charge in [-0.2, -0.15) is 7.82 Å². The Morgan fingerprint density at radius 1 is 0.750 bits per heavy atom. The van der Waals surface area contributed by atoms with E-state index in [4.69, 9.17) is 19.2 Å². The van der Waals surface area contributed by atoms with Crippen LogP contribution in [0.5, 0.6) is 0 Å². The van der Waals surface area contributed by atoms with Gasteiger partial charge in [-0.05, 0) is 12.2 Å². The van der Waals surface area contributed by atoms with Crippen molar-refractivity contribution in [3.8, 4) is 0 Å². The van der Waals surface area contributed by atoms with Crippen LogP contribution >= 0.6 is 7.82 Å². The normalized spacial score (nSPS) is 11.8. The Morgan fingerprint density at radius 2 is 1.00 bits per heavy atom. The van der Waals surface area contributed by atoms with Crippen LogP contribution in [0.1, 0.15) is 20.7 Å². The molecule has 0 N–H and O–H groups in total. The number of benzene rings is 1. The molecule has 90 valence electrons. The molecule has 1 aromatic rings. The molecule has 1 aliphatic carbocycles. The maximum atomic E-state index is 11.2. The van der Waals surface area contributed by atoms with Gasteiger partial charge in [-0.25, -0.2) is 0 Å². The second-order valence-electron chi connectivity index (χ2n) is 3.05. The van der Waals surface area contributed by atoms with Crippen molar-refractivity contribution in [3.05, 3.63) is 47.5 Å². The molecule has 0 fully saturated rings. The van der Waals surface area contributed by atoms with Gasteiger partial charge in [0.25, 0.3) is 0 Å². The molecule has 0 saturated heterocycles. The second kappa shape index (κ2) is 11.9. The summed E-state index contributed by atoms with van der Waals surface area (Å²) in [4.78, 5) is 48.0. The molecule has 10 heteroatoms. The molecule has 0 unspecified atom stereocenters. The first-order valence-corrected chi connectivity index (χ1v) is 5.84. The van der Waals surface area contributed by atoms with Crippen LogP contribution in [-0.2, 0) is 4.57 Å². The molecule has 0 amide bonds. The Labute approximate surface area is 182 Å². The molecule has 0 atom stereocenters. The third-order valence-corrected chi connectivity index (χ3v) is 1.84. The number of carbonyl (C=O) groups is 2. The van der Waals surface area contributed by atoms with Crippen LogP contribution in [0.3, 0.4) is 0 Å². The molecule has 20 heavy (non-hydrogen) atoms. The SMILES string of the molecule is O=C1C=CC(=O)c2ccccc21.O=P([O-])([O-])[O-].[Na+].[Na+].[Na+]. The number of phosphoric acid groups is 1. The zero-order valence-electron chi connectivity index (χ0n) is 11.4. The monoisotopic (exact) mass is 322 g/mol. The van der Waals surface area contributed by atoms with Crippen molar-refractivity contribution in [2.45, 2.75) is 0 Å². The van der Waals surface area contributed by atoms with Gasteiger partial charge in [0.15, 0.2) is 11.6 Å². The largest absolute Gasteiger partial charge is 1.00 e. The van der Waals surface area contributed by atoms with Crippen LogP contribution in [0.4, 0.5) is 0 Å². The quantitative estimate of drug-likeness (QED) is 0.345. The fraction of sp³-hybridized carbons (Fsp3) is 0. The zero-order chi connectivity index (χ0) is 13.1. The average molecular weight is 322 g/mol. The number of hydrogen-bond donors (Lipinski definition) is 0. The number of carbonyl (C=O) groups excluding carboxylic acids is 2. The van der Waals surface area contributed by atoms with E-state index in [1.54, 1.807) is 24.3 Å². The van der Waals surface area contributed by atoms with E-state index in [1.165, 1.54) is 12.2 Å². The maximum absolute atomic E-state index is 11.2. The second-order valence-corrected chi connectivity index (χ2v) is 3.95. The number of rotatable bonds is 0. The van der Waals surface area contributed by atoms with Crippen LogP contribution in [0.25, 0.3) is 0 Å². The van der Waals surface area contributed by atoms with Gasteiger partial charge >= 0.3 is 88.7 Å². The third kappa shape index (κ3) is 10.2. The Morgan fingerprint density at radius 3 is 1.25 bits per heavy atom. The van der Waals surface area contributed by atoms with Gasteiger partial charge in [-0.15, -0.1) is 0 Å². The summed E-state index contributed by atoms with van der Waals surface area (Å²) in [5.41, 5.74) is 1.01. The topological polar surface area (TPSA) is 120 Å². The molecule has 0 heterocycles. The van der Waals surface area contributed by atoms with Crippen molar-refractivity contribution in [3.63, 3.8) is 0 Å². The van der Waals surface area contributed by atoms with Crippen molar-refractivity contribution in [2.24, 2.45) is 0 Å². The molecule has 0 aliphatic heterocycles. The molecule has 0 bridgehead atoms. The molecule has 0 saturated carbocycles. The van der Waals surface area contributed by atoms with Crippen LogP contribution in [0, 0.1) is 0 Å². The van der Waals surface area contributed by atoms with Gasteiger partial charge in [-0.3, -0.25) is 9.59 Å². The van der Waals surface area contributed by atoms with Gasteiger partial charge in [0.2, 0.25) is 0 Å². The Bertz CT molecular complexity index is 494. The number of allylic oxidation sites excluding steroid dienone is 2. The number of hydrogen-bond acceptors (Lipinski definition) is 6. The summed E-state index contributed by atoms with van der Waals surface area (Å²) < 4.78 is 8.55. The van der Waals surface area contributed by atoms with E-state index in [0.717, 1.165) is 0 Å². The van der Waals surface area contributed by atoms with Crippen LogP contribution < -0.4 is 103 Å². The predicted molar refractivity (Wildman–Crippen MR) is 51.8 cm³/mol. The summed E-state index contributed by atoms with van der Waals surface area (Å²) >= 11 is 0. The molecular formula is C10H6Na3O6P. The average Bonchev–Trinajstić information content (AvgIpc) is 2.22. The first-order valence-electron chi connectivity index (χ1n) is 4.38. The first-order chi connectivity index (χ1) is 7.79. The van der Waals surface area contributed by atoms with Crippen molar-refractivity contribution < 1.29 is 118 Å². The van der Waals surface area contributed by atoms with Gasteiger partial charge in [0, 0.05) is 11.1 Å². The van der Waals surface area contributed by atoms with Crippen LogP contribution in [-0.4, -0.2) is 11.6 Å². The Hall–Kier alpha value is 1.41. The molecule has 1 aromatic carbocycles. The minimum atomic E-state index is -5.39. The summed E-state index contributed by atoms with van der Waals surface area (Å²) in [6.07, 6.45) is 2.62. The minimum absolute atomic E-state index is 0. The standard InChI is InChI=1S/C10H6O2.3Na.H3O4P/c11-9-5-6-10(12)8-4-2-1-3-7(8)9;;;;1-5(2,3)4/h1-6H;;;;(H3,1,2,3,4)/q;3*+1;/p-3.